The zero-order valence-corrected chi connectivity index (χ0v) is 7.43. The third-order valence-corrected chi connectivity index (χ3v) is 3.31. The smallest absolute Gasteiger partial charge is 0.139 e. The van der Waals surface area contributed by atoms with Gasteiger partial charge < -0.3 is 0 Å². The topological polar surface area (TPSA) is 34.1 Å². The monoisotopic (exact) mass is 166 g/mol. The summed E-state index contributed by atoms with van der Waals surface area (Å²) in [7, 11) is 0. The molecule has 0 saturated heterocycles. The van der Waals surface area contributed by atoms with Gasteiger partial charge in [-0.25, -0.2) is 0 Å². The van der Waals surface area contributed by atoms with Crippen LogP contribution in [0, 0.1) is 11.3 Å². The normalized spacial score (nSPS) is 39.1. The molecule has 0 heterocycles. The highest BCUT2D eigenvalue weighted by molar-refractivity contribution is 5.93. The second kappa shape index (κ2) is 2.41. The van der Waals surface area contributed by atoms with Crippen LogP contribution in [0.4, 0.5) is 0 Å². The second-order valence-electron chi connectivity index (χ2n) is 4.25. The molecule has 0 aromatic rings. The molecule has 2 fully saturated rings. The molecule has 0 amide bonds. The summed E-state index contributed by atoms with van der Waals surface area (Å²) in [6, 6.07) is 0. The van der Waals surface area contributed by atoms with Crippen LogP contribution in [0.15, 0.2) is 0 Å². The third kappa shape index (κ3) is 1.01. The van der Waals surface area contributed by atoms with Gasteiger partial charge in [-0.2, -0.15) is 0 Å². The van der Waals surface area contributed by atoms with Crippen LogP contribution in [0.1, 0.15) is 39.0 Å². The Morgan fingerprint density at radius 2 is 2.42 bits per heavy atom. The molecule has 2 atom stereocenters. The Bertz CT molecular complexity index is 244. The van der Waals surface area contributed by atoms with E-state index >= 15 is 0 Å². The average Bonchev–Trinajstić information content (AvgIpc) is 2.63. The van der Waals surface area contributed by atoms with E-state index in [2.05, 4.69) is 0 Å². The Hall–Kier alpha value is -0.660. The summed E-state index contributed by atoms with van der Waals surface area (Å²) in [6.45, 7) is 1.59. The minimum Gasteiger partial charge on any atom is -0.300 e. The van der Waals surface area contributed by atoms with Crippen molar-refractivity contribution in [1.29, 1.82) is 0 Å². The second-order valence-corrected chi connectivity index (χ2v) is 4.25. The van der Waals surface area contributed by atoms with Crippen LogP contribution in [-0.2, 0) is 9.59 Å². The van der Waals surface area contributed by atoms with Crippen LogP contribution in [0.3, 0.4) is 0 Å². The number of hydrogen-bond acceptors (Lipinski definition) is 2. The number of ketones is 2. The molecule has 2 aliphatic carbocycles. The minimum atomic E-state index is -0.163. The Balaban J connectivity index is 2.11. The molecule has 0 aliphatic heterocycles. The van der Waals surface area contributed by atoms with Gasteiger partial charge in [0, 0.05) is 18.3 Å². The van der Waals surface area contributed by atoms with Crippen molar-refractivity contribution in [3.63, 3.8) is 0 Å². The molecule has 0 bridgehead atoms. The first-order valence-corrected chi connectivity index (χ1v) is 4.68. The molecule has 0 aromatic carbocycles. The summed E-state index contributed by atoms with van der Waals surface area (Å²) in [5, 5.41) is 0. The van der Waals surface area contributed by atoms with Gasteiger partial charge in [0.25, 0.3) is 0 Å². The van der Waals surface area contributed by atoms with Crippen molar-refractivity contribution >= 4 is 11.6 Å². The van der Waals surface area contributed by atoms with Crippen molar-refractivity contribution in [3.05, 3.63) is 0 Å². The van der Waals surface area contributed by atoms with E-state index in [1.54, 1.807) is 6.92 Å². The molecular formula is C10H14O2. The first-order valence-electron chi connectivity index (χ1n) is 4.68. The van der Waals surface area contributed by atoms with Crippen molar-refractivity contribution in [2.24, 2.45) is 11.3 Å². The lowest BCUT2D eigenvalue weighted by atomic mass is 9.83. The van der Waals surface area contributed by atoms with Crippen LogP contribution in [0.2, 0.25) is 0 Å². The Morgan fingerprint density at radius 1 is 1.67 bits per heavy atom. The first kappa shape index (κ1) is 7.96. The van der Waals surface area contributed by atoms with Gasteiger partial charge in [-0.05, 0) is 32.1 Å². The van der Waals surface area contributed by atoms with E-state index in [0.717, 1.165) is 12.8 Å². The van der Waals surface area contributed by atoms with Crippen molar-refractivity contribution in [1.82, 2.24) is 0 Å². The van der Waals surface area contributed by atoms with E-state index in [1.165, 1.54) is 6.42 Å². The van der Waals surface area contributed by atoms with Gasteiger partial charge in [-0.3, -0.25) is 9.59 Å². The molecule has 2 aliphatic rings. The van der Waals surface area contributed by atoms with E-state index in [1.807, 2.05) is 0 Å². The quantitative estimate of drug-likeness (QED) is 0.626. The summed E-state index contributed by atoms with van der Waals surface area (Å²) in [5.74, 6) is 1.09. The SMILES string of the molecule is CC(=O)CC12CC1CCCC2=O. The van der Waals surface area contributed by atoms with Gasteiger partial charge in [0.1, 0.15) is 11.6 Å². The molecule has 0 spiro atoms. The Labute approximate surface area is 72.3 Å². The predicted octanol–water partition coefficient (Wildman–Crippen LogP) is 1.72. The number of fused-ring (bicyclic) bond motifs is 1. The lowest BCUT2D eigenvalue weighted by molar-refractivity contribution is -0.130. The van der Waals surface area contributed by atoms with Crippen LogP contribution in [-0.4, -0.2) is 11.6 Å². The number of Topliss-reactive ketones (excluding diaryl/α,β-unsaturated/α-hetero) is 2. The average molecular weight is 166 g/mol. The van der Waals surface area contributed by atoms with Gasteiger partial charge in [0.15, 0.2) is 0 Å². The Morgan fingerprint density at radius 3 is 3.00 bits per heavy atom. The summed E-state index contributed by atoms with van der Waals surface area (Å²) < 4.78 is 0. The fourth-order valence-corrected chi connectivity index (χ4v) is 2.62. The van der Waals surface area contributed by atoms with E-state index in [-0.39, 0.29) is 11.2 Å². The molecule has 0 N–H and O–H groups in total. The summed E-state index contributed by atoms with van der Waals surface area (Å²) in [5.41, 5.74) is -0.163. The minimum absolute atomic E-state index is 0.163. The highest BCUT2D eigenvalue weighted by Gasteiger charge is 2.60. The Kier molecular flexibility index (Phi) is 1.60. The van der Waals surface area contributed by atoms with E-state index in [4.69, 9.17) is 0 Å². The number of hydrogen-bond donors (Lipinski definition) is 0. The summed E-state index contributed by atoms with van der Waals surface area (Å²) >= 11 is 0. The largest absolute Gasteiger partial charge is 0.300 e. The third-order valence-electron chi connectivity index (χ3n) is 3.31. The van der Waals surface area contributed by atoms with Crippen LogP contribution >= 0.6 is 0 Å². The number of carbonyl (C=O) groups is 2. The van der Waals surface area contributed by atoms with E-state index in [0.29, 0.717) is 24.5 Å². The molecule has 0 aromatic heterocycles. The summed E-state index contributed by atoms with van der Waals surface area (Å²) in [4.78, 5) is 22.5. The molecule has 66 valence electrons. The van der Waals surface area contributed by atoms with Crippen molar-refractivity contribution in [2.45, 2.75) is 39.0 Å². The molecule has 2 rings (SSSR count). The zero-order valence-electron chi connectivity index (χ0n) is 7.43. The zero-order chi connectivity index (χ0) is 8.77. The van der Waals surface area contributed by atoms with Gasteiger partial charge in [0.2, 0.25) is 0 Å². The predicted molar refractivity (Wildman–Crippen MR) is 44.7 cm³/mol. The lowest BCUT2D eigenvalue weighted by Gasteiger charge is -2.18. The van der Waals surface area contributed by atoms with Crippen molar-refractivity contribution in [3.8, 4) is 0 Å². The maximum Gasteiger partial charge on any atom is 0.139 e. The maximum atomic E-state index is 11.5. The molecule has 2 heteroatoms. The maximum absolute atomic E-state index is 11.5. The van der Waals surface area contributed by atoms with E-state index in [9.17, 15) is 9.59 Å². The van der Waals surface area contributed by atoms with Crippen LogP contribution in [0.5, 0.6) is 0 Å². The lowest BCUT2D eigenvalue weighted by Crippen LogP contribution is -2.24. The van der Waals surface area contributed by atoms with Crippen molar-refractivity contribution < 1.29 is 9.59 Å². The first-order chi connectivity index (χ1) is 5.65. The van der Waals surface area contributed by atoms with Gasteiger partial charge in [-0.15, -0.1) is 0 Å². The molecule has 2 unspecified atom stereocenters. The standard InChI is InChI=1S/C10H14O2/c1-7(11)5-10-6-8(10)3-2-4-9(10)12/h8H,2-6H2,1H3. The molecule has 2 saturated carbocycles. The molecular weight excluding hydrogens is 152 g/mol. The fraction of sp³-hybridized carbons (Fsp3) is 0.800. The highest BCUT2D eigenvalue weighted by Crippen LogP contribution is 2.61. The van der Waals surface area contributed by atoms with Crippen LogP contribution in [0.25, 0.3) is 0 Å². The summed E-state index contributed by atoms with van der Waals surface area (Å²) in [6.07, 6.45) is 4.42. The number of rotatable bonds is 2. The van der Waals surface area contributed by atoms with Crippen LogP contribution < -0.4 is 0 Å². The molecule has 2 nitrogen and oxygen atoms in total. The molecule has 0 radical (unpaired) electrons. The fourth-order valence-electron chi connectivity index (χ4n) is 2.62. The highest BCUT2D eigenvalue weighted by atomic mass is 16.1. The van der Waals surface area contributed by atoms with Gasteiger partial charge >= 0.3 is 0 Å². The molecule has 12 heavy (non-hydrogen) atoms. The van der Waals surface area contributed by atoms with E-state index < -0.39 is 0 Å². The number of carbonyl (C=O) groups excluding carboxylic acids is 2. The van der Waals surface area contributed by atoms with Gasteiger partial charge in [-0.1, -0.05) is 0 Å². The van der Waals surface area contributed by atoms with Gasteiger partial charge in [0.05, 0.1) is 0 Å². The van der Waals surface area contributed by atoms with Crippen molar-refractivity contribution in [2.75, 3.05) is 0 Å².